The zero-order chi connectivity index (χ0) is 15.2. The van der Waals surface area contributed by atoms with E-state index in [2.05, 4.69) is 21.2 Å². The van der Waals surface area contributed by atoms with E-state index < -0.39 is 11.6 Å². The smallest absolute Gasteiger partial charge is 0.150 e. The molecule has 0 heterocycles. The highest BCUT2D eigenvalue weighted by Gasteiger charge is 2.09. The van der Waals surface area contributed by atoms with Crippen molar-refractivity contribution in [2.24, 2.45) is 0 Å². The second kappa shape index (κ2) is 7.41. The second-order valence-corrected chi connectivity index (χ2v) is 5.44. The first-order valence-electron chi connectivity index (χ1n) is 6.70. The van der Waals surface area contributed by atoms with E-state index in [0.717, 1.165) is 23.8 Å². The van der Waals surface area contributed by atoms with Gasteiger partial charge in [-0.05, 0) is 46.1 Å². The first-order chi connectivity index (χ1) is 10.1. The molecular formula is C16H16BrF2NO. The fourth-order valence-corrected chi connectivity index (χ4v) is 2.37. The van der Waals surface area contributed by atoms with Gasteiger partial charge in [0, 0.05) is 17.1 Å². The molecule has 112 valence electrons. The summed E-state index contributed by atoms with van der Waals surface area (Å²) < 4.78 is 32.5. The molecule has 2 nitrogen and oxygen atoms in total. The molecule has 0 saturated heterocycles. The second-order valence-electron chi connectivity index (χ2n) is 4.59. The topological polar surface area (TPSA) is 21.3 Å². The molecule has 2 aromatic carbocycles. The molecule has 0 spiro atoms. The summed E-state index contributed by atoms with van der Waals surface area (Å²) in [5.41, 5.74) is 1.23. The van der Waals surface area contributed by atoms with Crippen LogP contribution in [0.5, 0.6) is 5.75 Å². The van der Waals surface area contributed by atoms with Crippen LogP contribution in [-0.2, 0) is 6.54 Å². The average molecular weight is 356 g/mol. The van der Waals surface area contributed by atoms with E-state index in [9.17, 15) is 8.78 Å². The van der Waals surface area contributed by atoms with Crippen LogP contribution in [0.15, 0.2) is 40.9 Å². The summed E-state index contributed by atoms with van der Waals surface area (Å²) in [6.45, 7) is 3.17. The van der Waals surface area contributed by atoms with Crippen LogP contribution in [0.25, 0.3) is 0 Å². The van der Waals surface area contributed by atoms with Crippen LogP contribution < -0.4 is 10.1 Å². The zero-order valence-electron chi connectivity index (χ0n) is 11.6. The maximum atomic E-state index is 13.7. The maximum absolute atomic E-state index is 13.7. The van der Waals surface area contributed by atoms with Gasteiger partial charge in [-0.25, -0.2) is 8.78 Å². The molecular weight excluding hydrogens is 340 g/mol. The van der Waals surface area contributed by atoms with E-state index in [1.54, 1.807) is 0 Å². The largest absolute Gasteiger partial charge is 0.494 e. The molecule has 21 heavy (non-hydrogen) atoms. The summed E-state index contributed by atoms with van der Waals surface area (Å²) in [7, 11) is 0. The molecule has 2 rings (SSSR count). The van der Waals surface area contributed by atoms with Crippen molar-refractivity contribution in [3.63, 3.8) is 0 Å². The Balaban J connectivity index is 2.00. The van der Waals surface area contributed by atoms with Crippen molar-refractivity contribution in [1.29, 1.82) is 0 Å². The molecule has 5 heteroatoms. The summed E-state index contributed by atoms with van der Waals surface area (Å²) >= 11 is 3.15. The lowest BCUT2D eigenvalue weighted by Crippen LogP contribution is -2.03. The number of hydrogen-bond acceptors (Lipinski definition) is 2. The molecule has 1 N–H and O–H groups in total. The van der Waals surface area contributed by atoms with Gasteiger partial charge in [-0.1, -0.05) is 19.1 Å². The predicted molar refractivity (Wildman–Crippen MR) is 83.6 cm³/mol. The molecule has 0 aromatic heterocycles. The highest BCUT2D eigenvalue weighted by Crippen LogP contribution is 2.27. The van der Waals surface area contributed by atoms with Crippen molar-refractivity contribution in [2.75, 3.05) is 11.9 Å². The van der Waals surface area contributed by atoms with Gasteiger partial charge in [0.15, 0.2) is 0 Å². The molecule has 0 atom stereocenters. The van der Waals surface area contributed by atoms with Crippen molar-refractivity contribution in [2.45, 2.75) is 19.9 Å². The van der Waals surface area contributed by atoms with Crippen LogP contribution in [0.1, 0.15) is 18.9 Å². The molecule has 0 aliphatic heterocycles. The third-order valence-corrected chi connectivity index (χ3v) is 3.50. The molecule has 2 aromatic rings. The number of halogens is 3. The number of rotatable bonds is 6. The minimum absolute atomic E-state index is 0.253. The standard InChI is InChI=1S/C16H16BrF2NO/c1-2-7-21-13-5-3-11(4-6-13)10-20-16-14(17)8-12(18)9-15(16)19/h3-6,8-9,20H,2,7,10H2,1H3. The molecule has 0 bridgehead atoms. The summed E-state index contributed by atoms with van der Waals surface area (Å²) in [5.74, 6) is -0.415. The zero-order valence-corrected chi connectivity index (χ0v) is 13.2. The van der Waals surface area contributed by atoms with Gasteiger partial charge in [-0.3, -0.25) is 0 Å². The van der Waals surface area contributed by atoms with Crippen molar-refractivity contribution in [3.05, 3.63) is 58.1 Å². The van der Waals surface area contributed by atoms with Crippen molar-refractivity contribution >= 4 is 21.6 Å². The number of nitrogens with one attached hydrogen (secondary N) is 1. The quantitative estimate of drug-likeness (QED) is 0.775. The predicted octanol–water partition coefficient (Wildman–Crippen LogP) is 5.13. The Kier molecular flexibility index (Phi) is 5.56. The Morgan fingerprint density at radius 3 is 2.48 bits per heavy atom. The molecule has 0 unspecified atom stereocenters. The molecule has 0 radical (unpaired) electrons. The lowest BCUT2D eigenvalue weighted by molar-refractivity contribution is 0.317. The number of ether oxygens (including phenoxy) is 1. The SMILES string of the molecule is CCCOc1ccc(CNc2c(F)cc(F)cc2Br)cc1. The Bertz CT molecular complexity index is 579. The van der Waals surface area contributed by atoms with E-state index in [4.69, 9.17) is 4.74 Å². The third kappa shape index (κ3) is 4.43. The van der Waals surface area contributed by atoms with E-state index in [-0.39, 0.29) is 5.69 Å². The Labute approximate surface area is 131 Å². The van der Waals surface area contributed by atoms with E-state index in [1.165, 1.54) is 6.07 Å². The maximum Gasteiger partial charge on any atom is 0.150 e. The van der Waals surface area contributed by atoms with Gasteiger partial charge in [-0.15, -0.1) is 0 Å². The normalized spacial score (nSPS) is 10.5. The Hall–Kier alpha value is -1.62. The van der Waals surface area contributed by atoms with Crippen molar-refractivity contribution < 1.29 is 13.5 Å². The van der Waals surface area contributed by atoms with E-state index >= 15 is 0 Å². The number of benzene rings is 2. The van der Waals surface area contributed by atoms with Gasteiger partial charge in [0.05, 0.1) is 12.3 Å². The first-order valence-corrected chi connectivity index (χ1v) is 7.49. The molecule has 0 aliphatic rings. The summed E-state index contributed by atoms with van der Waals surface area (Å²) in [6, 6.07) is 9.66. The van der Waals surface area contributed by atoms with Crippen LogP contribution in [0.4, 0.5) is 14.5 Å². The average Bonchev–Trinajstić information content (AvgIpc) is 2.45. The van der Waals surface area contributed by atoms with Crippen LogP contribution in [0.3, 0.4) is 0 Å². The summed E-state index contributed by atoms with van der Waals surface area (Å²) in [5, 5.41) is 2.96. The van der Waals surface area contributed by atoms with Crippen LogP contribution in [0.2, 0.25) is 0 Å². The Morgan fingerprint density at radius 1 is 1.14 bits per heavy atom. The van der Waals surface area contributed by atoms with Crippen LogP contribution >= 0.6 is 15.9 Å². The Morgan fingerprint density at radius 2 is 1.86 bits per heavy atom. The number of anilines is 1. The highest BCUT2D eigenvalue weighted by atomic mass is 79.9. The van der Waals surface area contributed by atoms with Gasteiger partial charge in [-0.2, -0.15) is 0 Å². The fourth-order valence-electron chi connectivity index (χ4n) is 1.82. The van der Waals surface area contributed by atoms with Gasteiger partial charge < -0.3 is 10.1 Å². The van der Waals surface area contributed by atoms with E-state index in [0.29, 0.717) is 17.6 Å². The lowest BCUT2D eigenvalue weighted by atomic mass is 10.2. The number of hydrogen-bond donors (Lipinski definition) is 1. The summed E-state index contributed by atoms with van der Waals surface area (Å²) in [4.78, 5) is 0. The van der Waals surface area contributed by atoms with Crippen LogP contribution in [-0.4, -0.2) is 6.61 Å². The third-order valence-electron chi connectivity index (χ3n) is 2.87. The minimum atomic E-state index is -0.621. The van der Waals surface area contributed by atoms with Gasteiger partial charge in [0.1, 0.15) is 17.4 Å². The first kappa shape index (κ1) is 15.8. The monoisotopic (exact) mass is 355 g/mol. The van der Waals surface area contributed by atoms with Gasteiger partial charge in [0.25, 0.3) is 0 Å². The molecule has 0 saturated carbocycles. The lowest BCUT2D eigenvalue weighted by Gasteiger charge is -2.11. The highest BCUT2D eigenvalue weighted by molar-refractivity contribution is 9.10. The van der Waals surface area contributed by atoms with Gasteiger partial charge >= 0.3 is 0 Å². The fraction of sp³-hybridized carbons (Fsp3) is 0.250. The van der Waals surface area contributed by atoms with Gasteiger partial charge in [0.2, 0.25) is 0 Å². The van der Waals surface area contributed by atoms with Crippen molar-refractivity contribution in [3.8, 4) is 5.75 Å². The summed E-state index contributed by atoms with van der Waals surface area (Å²) in [6.07, 6.45) is 0.960. The van der Waals surface area contributed by atoms with Crippen molar-refractivity contribution in [1.82, 2.24) is 0 Å². The minimum Gasteiger partial charge on any atom is -0.494 e. The van der Waals surface area contributed by atoms with Crippen LogP contribution in [0, 0.1) is 11.6 Å². The van der Waals surface area contributed by atoms with E-state index in [1.807, 2.05) is 31.2 Å². The molecule has 0 fully saturated rings. The molecule has 0 amide bonds. The molecule has 0 aliphatic carbocycles.